The van der Waals surface area contributed by atoms with Gasteiger partial charge < -0.3 is 5.32 Å². The summed E-state index contributed by atoms with van der Waals surface area (Å²) in [4.78, 5) is 13.4. The summed E-state index contributed by atoms with van der Waals surface area (Å²) in [5.41, 5.74) is 1.99. The number of aromatic nitrogens is 3. The molecule has 4 nitrogen and oxygen atoms in total. The average Bonchev–Trinajstić information content (AvgIpc) is 2.76. The van der Waals surface area contributed by atoms with Gasteiger partial charge in [0.05, 0.1) is 10.2 Å². The fraction of sp³-hybridized carbons (Fsp3) is 0.364. The molecule has 0 amide bonds. The molecule has 0 bridgehead atoms. The Hall–Kier alpha value is -1.01. The Labute approximate surface area is 113 Å². The van der Waals surface area contributed by atoms with Gasteiger partial charge in [-0.2, -0.15) is 0 Å². The summed E-state index contributed by atoms with van der Waals surface area (Å²) >= 11 is 5.08. The van der Waals surface area contributed by atoms with E-state index in [-0.39, 0.29) is 0 Å². The van der Waals surface area contributed by atoms with Crippen molar-refractivity contribution in [2.75, 3.05) is 12.4 Å². The lowest BCUT2D eigenvalue weighted by Gasteiger charge is -2.08. The van der Waals surface area contributed by atoms with E-state index in [4.69, 9.17) is 0 Å². The Balaban J connectivity index is 2.55. The van der Waals surface area contributed by atoms with Gasteiger partial charge in [0.1, 0.15) is 5.82 Å². The minimum Gasteiger partial charge on any atom is -0.372 e. The molecule has 2 aromatic heterocycles. The molecule has 0 atom stereocenters. The Bertz CT molecular complexity index is 513. The topological polar surface area (TPSA) is 50.7 Å². The van der Waals surface area contributed by atoms with E-state index in [0.717, 1.165) is 33.1 Å². The Kier molecular flexibility index (Phi) is 3.73. The number of aryl methyl sites for hydroxylation is 2. The third-order valence-corrected chi connectivity index (χ3v) is 4.09. The first-order valence-electron chi connectivity index (χ1n) is 5.32. The molecule has 6 heteroatoms. The lowest BCUT2D eigenvalue weighted by Crippen LogP contribution is -2.02. The zero-order valence-electron chi connectivity index (χ0n) is 9.91. The molecule has 0 radical (unpaired) electrons. The first-order valence-corrected chi connectivity index (χ1v) is 6.99. The van der Waals surface area contributed by atoms with Gasteiger partial charge in [-0.25, -0.2) is 15.0 Å². The van der Waals surface area contributed by atoms with Crippen molar-refractivity contribution in [2.24, 2.45) is 0 Å². The molecule has 0 spiro atoms. The second-order valence-corrected chi connectivity index (χ2v) is 5.21. The van der Waals surface area contributed by atoms with Crippen molar-refractivity contribution in [2.45, 2.75) is 20.3 Å². The zero-order valence-corrected chi connectivity index (χ0v) is 12.3. The van der Waals surface area contributed by atoms with Gasteiger partial charge in [0, 0.05) is 18.1 Å². The molecule has 2 aromatic rings. The van der Waals surface area contributed by atoms with Crippen LogP contribution in [0.25, 0.3) is 10.8 Å². The lowest BCUT2D eigenvalue weighted by atomic mass is 10.3. The molecule has 0 aliphatic carbocycles. The van der Waals surface area contributed by atoms with Crippen LogP contribution in [0.15, 0.2) is 9.85 Å². The molecular formula is C11H13BrN4S. The SMILES string of the molecule is CCc1nc(-c2nc(C)cs2)nc(NC)c1Br. The van der Waals surface area contributed by atoms with Crippen molar-refractivity contribution >= 4 is 33.1 Å². The van der Waals surface area contributed by atoms with Gasteiger partial charge >= 0.3 is 0 Å². The normalized spacial score (nSPS) is 10.6. The maximum Gasteiger partial charge on any atom is 0.191 e. The summed E-state index contributed by atoms with van der Waals surface area (Å²) in [5.74, 6) is 1.49. The first-order chi connectivity index (χ1) is 8.15. The van der Waals surface area contributed by atoms with E-state index in [9.17, 15) is 0 Å². The van der Waals surface area contributed by atoms with Crippen LogP contribution < -0.4 is 5.32 Å². The largest absolute Gasteiger partial charge is 0.372 e. The third-order valence-electron chi connectivity index (χ3n) is 2.30. The lowest BCUT2D eigenvalue weighted by molar-refractivity contribution is 0.988. The fourth-order valence-electron chi connectivity index (χ4n) is 1.45. The Morgan fingerprint density at radius 3 is 2.65 bits per heavy atom. The zero-order chi connectivity index (χ0) is 12.4. The quantitative estimate of drug-likeness (QED) is 0.945. The molecule has 1 N–H and O–H groups in total. The van der Waals surface area contributed by atoms with Crippen molar-refractivity contribution in [1.29, 1.82) is 0 Å². The Morgan fingerprint density at radius 1 is 1.35 bits per heavy atom. The van der Waals surface area contributed by atoms with E-state index in [2.05, 4.69) is 43.1 Å². The predicted octanol–water partition coefficient (Wildman–Crippen LogP) is 3.28. The second-order valence-electron chi connectivity index (χ2n) is 3.55. The van der Waals surface area contributed by atoms with Crippen LogP contribution in [0.1, 0.15) is 18.3 Å². The number of nitrogens with zero attached hydrogens (tertiary/aromatic N) is 3. The van der Waals surface area contributed by atoms with Crippen LogP contribution in [-0.2, 0) is 6.42 Å². The third kappa shape index (κ3) is 2.47. The van der Waals surface area contributed by atoms with Crippen molar-refractivity contribution in [1.82, 2.24) is 15.0 Å². The van der Waals surface area contributed by atoms with Crippen LogP contribution in [0.3, 0.4) is 0 Å². The van der Waals surface area contributed by atoms with E-state index in [1.54, 1.807) is 11.3 Å². The highest BCUT2D eigenvalue weighted by molar-refractivity contribution is 9.10. The van der Waals surface area contributed by atoms with Gasteiger partial charge in [0.2, 0.25) is 0 Å². The molecule has 0 saturated carbocycles. The molecule has 2 heterocycles. The van der Waals surface area contributed by atoms with Gasteiger partial charge in [-0.1, -0.05) is 6.92 Å². The van der Waals surface area contributed by atoms with E-state index >= 15 is 0 Å². The van der Waals surface area contributed by atoms with Crippen molar-refractivity contribution in [3.63, 3.8) is 0 Å². The van der Waals surface area contributed by atoms with E-state index in [1.807, 2.05) is 19.4 Å². The molecule has 0 aliphatic rings. The van der Waals surface area contributed by atoms with Gasteiger partial charge in [0.25, 0.3) is 0 Å². The highest BCUT2D eigenvalue weighted by Crippen LogP contribution is 2.28. The fourth-order valence-corrected chi connectivity index (χ4v) is 2.83. The number of hydrogen-bond acceptors (Lipinski definition) is 5. The molecule has 0 aliphatic heterocycles. The summed E-state index contributed by atoms with van der Waals surface area (Å²) in [7, 11) is 1.85. The summed E-state index contributed by atoms with van der Waals surface area (Å²) in [6.45, 7) is 4.04. The Morgan fingerprint density at radius 2 is 2.12 bits per heavy atom. The smallest absolute Gasteiger partial charge is 0.191 e. The van der Waals surface area contributed by atoms with Crippen molar-refractivity contribution in [3.8, 4) is 10.8 Å². The minimum absolute atomic E-state index is 0.688. The highest BCUT2D eigenvalue weighted by Gasteiger charge is 2.13. The second kappa shape index (κ2) is 5.10. The number of halogens is 1. The van der Waals surface area contributed by atoms with Crippen LogP contribution in [0.4, 0.5) is 5.82 Å². The maximum atomic E-state index is 4.53. The number of nitrogens with one attached hydrogen (secondary N) is 1. The van der Waals surface area contributed by atoms with Gasteiger partial charge in [0.15, 0.2) is 10.8 Å². The van der Waals surface area contributed by atoms with E-state index in [0.29, 0.717) is 5.82 Å². The van der Waals surface area contributed by atoms with Crippen LogP contribution >= 0.6 is 27.3 Å². The molecule has 0 aromatic carbocycles. The van der Waals surface area contributed by atoms with Crippen LogP contribution in [0.5, 0.6) is 0 Å². The number of rotatable bonds is 3. The minimum atomic E-state index is 0.688. The van der Waals surface area contributed by atoms with Gasteiger partial charge in [-0.05, 0) is 29.3 Å². The van der Waals surface area contributed by atoms with Crippen LogP contribution in [-0.4, -0.2) is 22.0 Å². The molecule has 0 saturated heterocycles. The standard InChI is InChI=1S/C11H13BrN4S/c1-4-7-8(12)9(13-3)16-10(15-7)11-14-6(2)5-17-11/h5H,4H2,1-3H3,(H,13,15,16). The number of thiazole rings is 1. The highest BCUT2D eigenvalue weighted by atomic mass is 79.9. The van der Waals surface area contributed by atoms with Gasteiger partial charge in [-0.15, -0.1) is 11.3 Å². The summed E-state index contributed by atoms with van der Waals surface area (Å²) in [5, 5.41) is 5.93. The number of anilines is 1. The molecule has 0 unspecified atom stereocenters. The summed E-state index contributed by atoms with van der Waals surface area (Å²) < 4.78 is 0.930. The average molecular weight is 313 g/mol. The van der Waals surface area contributed by atoms with Crippen molar-refractivity contribution in [3.05, 3.63) is 21.2 Å². The monoisotopic (exact) mass is 312 g/mol. The number of hydrogen-bond donors (Lipinski definition) is 1. The first kappa shape index (κ1) is 12.4. The maximum absolute atomic E-state index is 4.53. The van der Waals surface area contributed by atoms with Crippen LogP contribution in [0, 0.1) is 6.92 Å². The molecule has 17 heavy (non-hydrogen) atoms. The van der Waals surface area contributed by atoms with E-state index in [1.165, 1.54) is 0 Å². The van der Waals surface area contributed by atoms with Crippen LogP contribution in [0.2, 0.25) is 0 Å². The summed E-state index contributed by atoms with van der Waals surface area (Å²) in [6.07, 6.45) is 0.856. The molecular weight excluding hydrogens is 300 g/mol. The molecule has 2 rings (SSSR count). The summed E-state index contributed by atoms with van der Waals surface area (Å²) in [6, 6.07) is 0. The van der Waals surface area contributed by atoms with Gasteiger partial charge in [-0.3, -0.25) is 0 Å². The molecule has 90 valence electrons. The predicted molar refractivity (Wildman–Crippen MR) is 74.5 cm³/mol. The van der Waals surface area contributed by atoms with E-state index < -0.39 is 0 Å². The molecule has 0 fully saturated rings. The van der Waals surface area contributed by atoms with Crippen molar-refractivity contribution < 1.29 is 0 Å².